The Morgan fingerprint density at radius 3 is 2.83 bits per heavy atom. The summed E-state index contributed by atoms with van der Waals surface area (Å²) in [7, 11) is -2.04. The Morgan fingerprint density at radius 1 is 1.17 bits per heavy atom. The van der Waals surface area contributed by atoms with Crippen molar-refractivity contribution in [2.45, 2.75) is 75.2 Å². The number of aromatic nitrogens is 3. The topological polar surface area (TPSA) is 116 Å². The molecule has 1 aromatic heterocycles. The van der Waals surface area contributed by atoms with Crippen molar-refractivity contribution in [3.8, 4) is 5.75 Å². The number of anilines is 1. The van der Waals surface area contributed by atoms with Crippen LogP contribution in [0.2, 0.25) is 5.02 Å². The van der Waals surface area contributed by atoms with E-state index in [9.17, 15) is 13.2 Å². The number of carbonyl (C=O) groups excluding carboxylic acids is 1. The van der Waals surface area contributed by atoms with Crippen molar-refractivity contribution in [2.24, 2.45) is 18.9 Å². The maximum absolute atomic E-state index is 13.4. The Kier molecular flexibility index (Phi) is 8.82. The van der Waals surface area contributed by atoms with Crippen LogP contribution < -0.4 is 14.4 Å². The van der Waals surface area contributed by atoms with Crippen molar-refractivity contribution in [3.05, 3.63) is 82.2 Å². The first kappa shape index (κ1) is 32.2. The molecule has 1 N–H and O–H groups in total. The van der Waals surface area contributed by atoms with Gasteiger partial charge in [-0.15, -0.1) is 5.10 Å². The number of ether oxygens (including phenoxy) is 2. The number of hydrogen-bond donors (Lipinski definition) is 1. The molecule has 4 aliphatic rings. The highest BCUT2D eigenvalue weighted by Crippen LogP contribution is 2.47. The molecule has 2 aliphatic carbocycles. The molecule has 0 unspecified atom stereocenters. The molecule has 1 amide bonds. The highest BCUT2D eigenvalue weighted by Gasteiger charge is 2.44. The summed E-state index contributed by atoms with van der Waals surface area (Å²) in [6.07, 6.45) is 11.7. The quantitative estimate of drug-likeness (QED) is 0.369. The number of amides is 1. The van der Waals surface area contributed by atoms with Gasteiger partial charge in [-0.2, -0.15) is 0 Å². The molecule has 1 saturated carbocycles. The van der Waals surface area contributed by atoms with E-state index >= 15 is 0 Å². The summed E-state index contributed by atoms with van der Waals surface area (Å²) in [5.41, 5.74) is 4.26. The largest absolute Gasteiger partial charge is 0.490 e. The number of benzene rings is 2. The first-order valence-corrected chi connectivity index (χ1v) is 18.5. The molecule has 47 heavy (non-hydrogen) atoms. The number of aryl methyl sites for hydroxylation is 2. The van der Waals surface area contributed by atoms with Gasteiger partial charge in [0.25, 0.3) is 5.91 Å². The van der Waals surface area contributed by atoms with E-state index in [0.29, 0.717) is 49.8 Å². The Hall–Kier alpha value is -3.41. The van der Waals surface area contributed by atoms with Crippen molar-refractivity contribution in [1.82, 2.24) is 19.7 Å². The molecule has 2 aliphatic heterocycles. The van der Waals surface area contributed by atoms with E-state index in [-0.39, 0.29) is 17.4 Å². The van der Waals surface area contributed by atoms with Crippen LogP contribution in [0.5, 0.6) is 5.75 Å². The lowest BCUT2D eigenvalue weighted by Crippen LogP contribution is -2.49. The summed E-state index contributed by atoms with van der Waals surface area (Å²) in [5, 5.41) is 8.04. The minimum absolute atomic E-state index is 0.149. The molecule has 10 nitrogen and oxygen atoms in total. The number of carbonyl (C=O) groups is 1. The van der Waals surface area contributed by atoms with E-state index < -0.39 is 21.2 Å². The van der Waals surface area contributed by atoms with Crippen molar-refractivity contribution in [1.29, 1.82) is 0 Å². The highest BCUT2D eigenvalue weighted by atomic mass is 35.5. The third-order valence-corrected chi connectivity index (χ3v) is 12.7. The number of rotatable bonds is 3. The average molecular weight is 680 g/mol. The summed E-state index contributed by atoms with van der Waals surface area (Å²) in [5.74, 6) is 0.687. The minimum atomic E-state index is -3.89. The van der Waals surface area contributed by atoms with Gasteiger partial charge < -0.3 is 14.4 Å². The van der Waals surface area contributed by atoms with Crippen molar-refractivity contribution >= 4 is 33.2 Å². The number of sulfonamides is 1. The molecule has 2 bridgehead atoms. The summed E-state index contributed by atoms with van der Waals surface area (Å²) in [4.78, 5) is 15.8. The number of allylic oxidation sites excluding steroid dienone is 1. The van der Waals surface area contributed by atoms with Gasteiger partial charge in [-0.3, -0.25) is 9.48 Å². The number of nitrogens with zero attached hydrogens (tertiary/aromatic N) is 4. The van der Waals surface area contributed by atoms with Crippen LogP contribution in [0, 0.1) is 11.8 Å². The summed E-state index contributed by atoms with van der Waals surface area (Å²) < 4.78 is 43.6. The Morgan fingerprint density at radius 2 is 2.04 bits per heavy atom. The lowest BCUT2D eigenvalue weighted by atomic mass is 9.68. The van der Waals surface area contributed by atoms with Gasteiger partial charge in [0.2, 0.25) is 10.0 Å². The Bertz CT molecular complexity index is 1790. The van der Waals surface area contributed by atoms with Crippen LogP contribution in [0.25, 0.3) is 0 Å². The summed E-state index contributed by atoms with van der Waals surface area (Å²) in [6.45, 7) is 3.99. The summed E-state index contributed by atoms with van der Waals surface area (Å²) >= 11 is 6.44. The van der Waals surface area contributed by atoms with Gasteiger partial charge in [-0.1, -0.05) is 35.0 Å². The first-order chi connectivity index (χ1) is 22.6. The smallest absolute Gasteiger partial charge is 0.264 e. The second-order valence-corrected chi connectivity index (χ2v) is 16.2. The van der Waals surface area contributed by atoms with Crippen LogP contribution in [-0.2, 0) is 40.3 Å². The normalized spacial score (nSPS) is 29.4. The fourth-order valence-electron chi connectivity index (χ4n) is 7.74. The molecule has 12 heteroatoms. The molecule has 3 heterocycles. The lowest BCUT2D eigenvalue weighted by molar-refractivity contribution is -0.0246. The number of hydrogen-bond acceptors (Lipinski definition) is 8. The molecule has 1 fully saturated rings. The highest BCUT2D eigenvalue weighted by molar-refractivity contribution is 7.90. The van der Waals surface area contributed by atoms with Crippen LogP contribution in [0.4, 0.5) is 5.69 Å². The van der Waals surface area contributed by atoms with Crippen LogP contribution in [0.15, 0.2) is 54.7 Å². The SMILES string of the molecule is C[C@@H]1CC/C=C/[C@H](OCc2cnnn2C)[C@@H]2CC[C@H]2CN2C[C@@]3(CCCc4cc(Cl)ccc43)COc3ccc(cc32)C(=O)NS1(=O)=O. The van der Waals surface area contributed by atoms with Gasteiger partial charge in [0.1, 0.15) is 5.75 Å². The van der Waals surface area contributed by atoms with E-state index in [4.69, 9.17) is 21.1 Å². The monoisotopic (exact) mass is 679 g/mol. The number of fused-ring (bicyclic) bond motifs is 4. The van der Waals surface area contributed by atoms with Crippen molar-refractivity contribution < 1.29 is 22.7 Å². The average Bonchev–Trinajstić information content (AvgIpc) is 3.38. The molecule has 0 radical (unpaired) electrons. The second-order valence-electron chi connectivity index (χ2n) is 13.7. The van der Waals surface area contributed by atoms with Crippen LogP contribution >= 0.6 is 11.6 Å². The number of halogens is 1. The van der Waals surface area contributed by atoms with E-state index in [1.165, 1.54) is 11.1 Å². The van der Waals surface area contributed by atoms with Gasteiger partial charge in [0, 0.05) is 36.1 Å². The van der Waals surface area contributed by atoms with Gasteiger partial charge in [0.15, 0.2) is 0 Å². The van der Waals surface area contributed by atoms with Gasteiger partial charge in [-0.05, 0) is 105 Å². The molecule has 7 rings (SSSR count). The predicted molar refractivity (Wildman–Crippen MR) is 180 cm³/mol. The predicted octanol–water partition coefficient (Wildman–Crippen LogP) is 5.35. The van der Waals surface area contributed by atoms with Crippen molar-refractivity contribution in [3.63, 3.8) is 0 Å². The molecule has 0 saturated heterocycles. The molecular formula is C35H42ClN5O5S. The maximum Gasteiger partial charge on any atom is 0.264 e. The fourth-order valence-corrected chi connectivity index (χ4v) is 8.96. The Labute approximate surface area is 281 Å². The maximum atomic E-state index is 13.4. The van der Waals surface area contributed by atoms with Gasteiger partial charge in [-0.25, -0.2) is 13.1 Å². The first-order valence-electron chi connectivity index (χ1n) is 16.6. The van der Waals surface area contributed by atoms with Crippen LogP contribution in [-0.4, -0.2) is 60.4 Å². The molecule has 5 atom stereocenters. The fraction of sp³-hybridized carbons (Fsp3) is 0.514. The van der Waals surface area contributed by atoms with Gasteiger partial charge in [0.05, 0.1) is 42.1 Å². The number of nitrogens with one attached hydrogen (secondary N) is 1. The lowest BCUT2D eigenvalue weighted by Gasteiger charge is -2.46. The van der Waals surface area contributed by atoms with E-state index in [1.807, 2.05) is 25.3 Å². The zero-order valence-corrected chi connectivity index (χ0v) is 28.5. The molecular weight excluding hydrogens is 638 g/mol. The zero-order chi connectivity index (χ0) is 32.8. The van der Waals surface area contributed by atoms with Crippen LogP contribution in [0.1, 0.15) is 72.6 Å². The standard InChI is InChI=1S/C35H42ClN5O5S/c1-23-6-3-4-8-32(45-20-28-18-37-39-40(28)2)29-12-9-26(29)19-41-21-35(15-5-7-24-16-27(36)11-13-30(24)35)22-46-33-14-10-25(17-31(33)41)34(42)38-47(23,43)44/h4,8,10-11,13-14,16-18,23,26,29,32H,3,5-7,9,12,15,19-22H2,1-2H3,(H,38,42)/b8-4+/t23-,26+,29-,32+,35+/m1/s1. The van der Waals surface area contributed by atoms with Crippen molar-refractivity contribution in [2.75, 3.05) is 24.6 Å². The van der Waals surface area contributed by atoms with Crippen LogP contribution in [0.3, 0.4) is 0 Å². The third-order valence-electron chi connectivity index (χ3n) is 10.7. The Balaban J connectivity index is 1.27. The van der Waals surface area contributed by atoms with E-state index in [0.717, 1.165) is 55.1 Å². The van der Waals surface area contributed by atoms with E-state index in [1.54, 1.807) is 29.9 Å². The minimum Gasteiger partial charge on any atom is -0.490 e. The third kappa shape index (κ3) is 6.41. The summed E-state index contributed by atoms with van der Waals surface area (Å²) in [6, 6.07) is 11.5. The van der Waals surface area contributed by atoms with E-state index in [2.05, 4.69) is 38.1 Å². The zero-order valence-electron chi connectivity index (χ0n) is 26.9. The van der Waals surface area contributed by atoms with Gasteiger partial charge >= 0.3 is 0 Å². The molecule has 250 valence electrons. The second kappa shape index (κ2) is 12.9. The molecule has 3 aromatic rings. The molecule has 2 aromatic carbocycles. The molecule has 1 spiro atoms.